The summed E-state index contributed by atoms with van der Waals surface area (Å²) < 4.78 is 0. The molecule has 0 aromatic heterocycles. The molecule has 0 saturated heterocycles. The zero-order chi connectivity index (χ0) is 23.3. The molecule has 196 valence electrons. The first-order valence-electron chi connectivity index (χ1n) is 13.7. The molecular formula is C30H52FeP2-6. The fraction of sp³-hybridized carbons (Fsp3) is 0.667. The molecule has 0 aliphatic carbocycles. The van der Waals surface area contributed by atoms with Crippen LogP contribution in [0.4, 0.5) is 0 Å². The average Bonchev–Trinajstić information content (AvgIpc) is 3.53. The number of rotatable bonds is 18. The van der Waals surface area contributed by atoms with Gasteiger partial charge in [0.15, 0.2) is 0 Å². The van der Waals surface area contributed by atoms with E-state index in [-0.39, 0.29) is 32.9 Å². The second-order valence-electron chi connectivity index (χ2n) is 9.09. The van der Waals surface area contributed by atoms with Gasteiger partial charge in [-0.2, -0.15) is 12.1 Å². The molecule has 33 heavy (non-hydrogen) atoms. The van der Waals surface area contributed by atoms with Crippen LogP contribution in [-0.4, -0.2) is 24.6 Å². The summed E-state index contributed by atoms with van der Waals surface area (Å²) in [6, 6.07) is 18.1. The normalized spacial score (nSPS) is 10.8. The molecule has 3 heteroatoms. The standard InChI is InChI=1S/2C15H26P.Fe/c2*1-3-5-9-13-16(14-10-6-4-2)15-11-7-8-12-15;/h2*7-8,11-12H,3-6,9-10,13-14H2,1-2H3;/q-5;-1;. The average molecular weight is 531 g/mol. The molecule has 0 heterocycles. The van der Waals surface area contributed by atoms with Gasteiger partial charge in [-0.15, -0.1) is 13.2 Å². The van der Waals surface area contributed by atoms with E-state index in [2.05, 4.69) is 76.2 Å². The molecule has 2 rings (SSSR count). The van der Waals surface area contributed by atoms with Crippen molar-refractivity contribution in [1.82, 2.24) is 0 Å². The molecule has 0 radical (unpaired) electrons. The minimum absolute atomic E-state index is 0. The van der Waals surface area contributed by atoms with Crippen molar-refractivity contribution in [2.75, 3.05) is 24.6 Å². The summed E-state index contributed by atoms with van der Waals surface area (Å²) in [5.74, 6) is 0. The maximum atomic E-state index is 2.34. The maximum absolute atomic E-state index is 2.34. The van der Waals surface area contributed by atoms with Crippen LogP contribution in [0.1, 0.15) is 105 Å². The minimum Gasteiger partial charge on any atom is -0.747 e. The Balaban J connectivity index is 0.000000602. The molecule has 0 fully saturated rings. The Bertz CT molecular complexity index is 517. The van der Waals surface area contributed by atoms with Gasteiger partial charge in [-0.1, -0.05) is 104 Å². The van der Waals surface area contributed by atoms with E-state index in [1.165, 1.54) is 102 Å². The van der Waals surface area contributed by atoms with Crippen molar-refractivity contribution < 1.29 is 17.1 Å². The zero-order valence-corrected chi connectivity index (χ0v) is 25.1. The molecule has 0 bridgehead atoms. The first-order valence-corrected chi connectivity index (χ1v) is 17.1. The van der Waals surface area contributed by atoms with Crippen LogP contribution < -0.4 is 10.6 Å². The first-order chi connectivity index (χ1) is 15.8. The molecule has 2 aromatic carbocycles. The molecule has 0 aliphatic heterocycles. The van der Waals surface area contributed by atoms with Crippen LogP contribution in [0.25, 0.3) is 0 Å². The summed E-state index contributed by atoms with van der Waals surface area (Å²) in [7, 11) is 0.316. The number of hydrogen-bond donors (Lipinski definition) is 0. The predicted molar refractivity (Wildman–Crippen MR) is 155 cm³/mol. The van der Waals surface area contributed by atoms with Gasteiger partial charge in [-0.3, -0.25) is 0 Å². The van der Waals surface area contributed by atoms with E-state index in [9.17, 15) is 0 Å². The van der Waals surface area contributed by atoms with E-state index in [4.69, 9.17) is 0 Å². The molecule has 0 amide bonds. The Labute approximate surface area is 220 Å². The predicted octanol–water partition coefficient (Wildman–Crippen LogP) is 9.78. The molecule has 2 aromatic rings. The van der Waals surface area contributed by atoms with Gasteiger partial charge in [-0.05, 0) is 25.2 Å². The molecule has 0 nitrogen and oxygen atoms in total. The summed E-state index contributed by atoms with van der Waals surface area (Å²) >= 11 is 0. The van der Waals surface area contributed by atoms with E-state index in [0.29, 0.717) is 0 Å². The van der Waals surface area contributed by atoms with E-state index < -0.39 is 0 Å². The van der Waals surface area contributed by atoms with Gasteiger partial charge < -0.3 is 37.5 Å². The Morgan fingerprint density at radius 3 is 1.27 bits per heavy atom. The largest absolute Gasteiger partial charge is 0.747 e. The molecule has 0 unspecified atom stereocenters. The topological polar surface area (TPSA) is 0 Å². The summed E-state index contributed by atoms with van der Waals surface area (Å²) in [6.45, 7) is 9.17. The Morgan fingerprint density at radius 2 is 0.909 bits per heavy atom. The maximum Gasteiger partial charge on any atom is 0 e. The van der Waals surface area contributed by atoms with Crippen molar-refractivity contribution in [2.24, 2.45) is 0 Å². The van der Waals surface area contributed by atoms with Crippen molar-refractivity contribution in [3.63, 3.8) is 0 Å². The van der Waals surface area contributed by atoms with Crippen molar-refractivity contribution in [2.45, 2.75) is 105 Å². The minimum atomic E-state index is 0. The van der Waals surface area contributed by atoms with Crippen LogP contribution in [-0.2, 0) is 17.1 Å². The zero-order valence-electron chi connectivity index (χ0n) is 22.2. The third-order valence-electron chi connectivity index (χ3n) is 6.15. The van der Waals surface area contributed by atoms with Crippen LogP contribution in [0.5, 0.6) is 0 Å². The fourth-order valence-corrected chi connectivity index (χ4v) is 9.19. The van der Waals surface area contributed by atoms with Gasteiger partial charge >= 0.3 is 0 Å². The molecule has 0 aliphatic rings. The van der Waals surface area contributed by atoms with Gasteiger partial charge in [0.25, 0.3) is 0 Å². The Hall–Kier alpha value is 0.0795. The molecule has 0 spiro atoms. The Morgan fingerprint density at radius 1 is 0.545 bits per heavy atom. The van der Waals surface area contributed by atoms with E-state index in [1.807, 2.05) is 0 Å². The summed E-state index contributed by atoms with van der Waals surface area (Å²) in [5.41, 5.74) is 0. The van der Waals surface area contributed by atoms with Crippen LogP contribution in [0, 0.1) is 0 Å². The first kappa shape index (κ1) is 33.1. The van der Waals surface area contributed by atoms with Crippen molar-refractivity contribution in [3.8, 4) is 0 Å². The van der Waals surface area contributed by atoms with Crippen LogP contribution in [0.3, 0.4) is 0 Å². The number of hydrogen-bond acceptors (Lipinski definition) is 0. The fourth-order valence-electron chi connectivity index (χ4n) is 4.10. The van der Waals surface area contributed by atoms with Gasteiger partial charge in [0, 0.05) is 17.1 Å². The SMILES string of the molecule is CCCCCP(CCCCC)[c-]1[cH-][cH-][cH-][cH-]1.CCCCCP(CCCCC)[c-]1cccc1.[Fe]. The van der Waals surface area contributed by atoms with Crippen molar-refractivity contribution in [1.29, 1.82) is 0 Å². The molecule has 0 atom stereocenters. The number of unbranched alkanes of at least 4 members (excludes halogenated alkanes) is 8. The van der Waals surface area contributed by atoms with Gasteiger partial charge in [0.1, 0.15) is 0 Å². The van der Waals surface area contributed by atoms with Gasteiger partial charge in [-0.25, -0.2) is 12.1 Å². The quantitative estimate of drug-likeness (QED) is 0.0779. The molecular weight excluding hydrogens is 478 g/mol. The molecule has 0 N–H and O–H groups in total. The third kappa shape index (κ3) is 16.4. The Kier molecular flexibility index (Phi) is 23.9. The second kappa shape index (κ2) is 23.8. The third-order valence-corrected chi connectivity index (χ3v) is 11.6. The van der Waals surface area contributed by atoms with Crippen molar-refractivity contribution in [3.05, 3.63) is 48.5 Å². The van der Waals surface area contributed by atoms with E-state index in [1.54, 1.807) is 10.6 Å². The van der Waals surface area contributed by atoms with Crippen LogP contribution >= 0.6 is 15.8 Å². The van der Waals surface area contributed by atoms with E-state index in [0.717, 1.165) is 0 Å². The van der Waals surface area contributed by atoms with Gasteiger partial charge in [0.05, 0.1) is 0 Å². The summed E-state index contributed by atoms with van der Waals surface area (Å²) in [4.78, 5) is 0. The summed E-state index contributed by atoms with van der Waals surface area (Å²) in [5, 5.41) is 3.28. The second-order valence-corrected chi connectivity index (χ2v) is 14.1. The smallest absolute Gasteiger partial charge is 0 e. The van der Waals surface area contributed by atoms with E-state index >= 15 is 0 Å². The molecule has 0 saturated carbocycles. The van der Waals surface area contributed by atoms with Crippen LogP contribution in [0.15, 0.2) is 48.5 Å². The van der Waals surface area contributed by atoms with Crippen LogP contribution in [0.2, 0.25) is 0 Å². The summed E-state index contributed by atoms with van der Waals surface area (Å²) in [6.07, 6.45) is 22.6. The monoisotopic (exact) mass is 530 g/mol. The van der Waals surface area contributed by atoms with Crippen molar-refractivity contribution >= 4 is 26.5 Å². The van der Waals surface area contributed by atoms with Gasteiger partial charge in [0.2, 0.25) is 0 Å².